The van der Waals surface area contributed by atoms with Gasteiger partial charge in [-0.05, 0) is 64.3 Å². The molecule has 2 unspecified atom stereocenters. The fourth-order valence-corrected chi connectivity index (χ4v) is 2.92. The average molecular weight is 299 g/mol. The topological polar surface area (TPSA) is 38.3 Å². The molecule has 0 aromatic heterocycles. The monoisotopic (exact) mass is 299 g/mol. The number of carbonyl (C=O) groups excluding carboxylic acids is 1. The second kappa shape index (κ2) is 8.08. The Kier molecular flexibility index (Phi) is 7.10. The van der Waals surface area contributed by atoms with Crippen LogP contribution in [0.1, 0.15) is 60.3 Å². The Hall–Kier alpha value is -0.480. The van der Waals surface area contributed by atoms with Gasteiger partial charge in [0.1, 0.15) is 6.10 Å². The maximum atomic E-state index is 11.7. The summed E-state index contributed by atoms with van der Waals surface area (Å²) in [6.45, 7) is 10.6. The van der Waals surface area contributed by atoms with Crippen LogP contribution in [0.3, 0.4) is 0 Å². The molecule has 0 aromatic carbocycles. The van der Waals surface area contributed by atoms with Gasteiger partial charge in [-0.25, -0.2) is 4.79 Å². The fraction of sp³-hybridized carbons (Fsp3) is 0.812. The molecule has 2 atom stereocenters. The van der Waals surface area contributed by atoms with Crippen LogP contribution >= 0.6 is 11.8 Å². The molecule has 0 spiro atoms. The van der Waals surface area contributed by atoms with Crippen molar-refractivity contribution in [1.82, 2.24) is 5.32 Å². The van der Waals surface area contributed by atoms with E-state index in [1.54, 1.807) is 0 Å². The zero-order chi connectivity index (χ0) is 15.2. The molecule has 0 aromatic rings. The van der Waals surface area contributed by atoms with Gasteiger partial charge in [0, 0.05) is 16.8 Å². The van der Waals surface area contributed by atoms with Crippen LogP contribution < -0.4 is 5.32 Å². The molecule has 1 N–H and O–H groups in total. The molecular weight excluding hydrogens is 270 g/mol. The van der Waals surface area contributed by atoms with Crippen LogP contribution in [0.4, 0.5) is 4.79 Å². The lowest BCUT2D eigenvalue weighted by molar-refractivity contribution is 0.138. The first kappa shape index (κ1) is 17.6. The number of nitrogens with one attached hydrogen (secondary N) is 1. The lowest BCUT2D eigenvalue weighted by Crippen LogP contribution is -2.43. The first-order valence-corrected chi connectivity index (χ1v) is 8.46. The van der Waals surface area contributed by atoms with E-state index in [0.717, 1.165) is 25.7 Å². The summed E-state index contributed by atoms with van der Waals surface area (Å²) in [5.74, 6) is 0. The van der Waals surface area contributed by atoms with Crippen LogP contribution in [-0.2, 0) is 4.74 Å². The standard InChI is InChI=1S/C16H29NO2S/c1-12(2)20-15(18)19-14-10-6-8-13(9-7-11-14)17-16(3,4)5/h6,10,12-14,17H,7-9,11H2,1-5H3/b10-6+. The Morgan fingerprint density at radius 2 is 2.05 bits per heavy atom. The Bertz CT molecular complexity index is 334. The first-order valence-electron chi connectivity index (χ1n) is 7.58. The molecule has 1 rings (SSSR count). The minimum Gasteiger partial charge on any atom is -0.450 e. The van der Waals surface area contributed by atoms with Gasteiger partial charge in [-0.3, -0.25) is 0 Å². The largest absolute Gasteiger partial charge is 0.450 e. The summed E-state index contributed by atoms with van der Waals surface area (Å²) in [7, 11) is 0. The van der Waals surface area contributed by atoms with Gasteiger partial charge in [0.05, 0.1) is 0 Å². The summed E-state index contributed by atoms with van der Waals surface area (Å²) in [5, 5.41) is 3.77. The van der Waals surface area contributed by atoms with Gasteiger partial charge in [0.25, 0.3) is 0 Å². The van der Waals surface area contributed by atoms with E-state index in [4.69, 9.17) is 4.74 Å². The molecule has 0 amide bonds. The van der Waals surface area contributed by atoms with E-state index < -0.39 is 0 Å². The van der Waals surface area contributed by atoms with Crippen molar-refractivity contribution in [2.45, 2.75) is 83.2 Å². The SMILES string of the molecule is CC(C)SC(=O)OC1/C=C/CC(NC(C)(C)C)CCC1. The summed E-state index contributed by atoms with van der Waals surface area (Å²) >= 11 is 1.26. The van der Waals surface area contributed by atoms with Gasteiger partial charge >= 0.3 is 5.30 Å². The molecular formula is C16H29NO2S. The van der Waals surface area contributed by atoms with Crippen LogP contribution in [0, 0.1) is 0 Å². The van der Waals surface area contributed by atoms with E-state index in [9.17, 15) is 4.79 Å². The van der Waals surface area contributed by atoms with Gasteiger partial charge in [0.2, 0.25) is 0 Å². The molecule has 0 radical (unpaired) electrons. The number of hydrogen-bond acceptors (Lipinski definition) is 4. The van der Waals surface area contributed by atoms with Gasteiger partial charge in [-0.2, -0.15) is 0 Å². The van der Waals surface area contributed by atoms with Crippen molar-refractivity contribution in [2.24, 2.45) is 0 Å². The fourth-order valence-electron chi connectivity index (χ4n) is 2.36. The number of hydrogen-bond donors (Lipinski definition) is 1. The highest BCUT2D eigenvalue weighted by atomic mass is 32.2. The van der Waals surface area contributed by atoms with Gasteiger partial charge in [0.15, 0.2) is 0 Å². The highest BCUT2D eigenvalue weighted by molar-refractivity contribution is 8.13. The average Bonchev–Trinajstić information content (AvgIpc) is 2.21. The van der Waals surface area contributed by atoms with Crippen LogP contribution in [0.15, 0.2) is 12.2 Å². The van der Waals surface area contributed by atoms with Crippen LogP contribution in [0.5, 0.6) is 0 Å². The zero-order valence-corrected chi connectivity index (χ0v) is 14.3. The summed E-state index contributed by atoms with van der Waals surface area (Å²) in [5.41, 5.74) is 0.150. The van der Waals surface area contributed by atoms with Crippen molar-refractivity contribution in [3.63, 3.8) is 0 Å². The lowest BCUT2D eigenvalue weighted by Gasteiger charge is -2.29. The van der Waals surface area contributed by atoms with E-state index in [0.29, 0.717) is 6.04 Å². The van der Waals surface area contributed by atoms with E-state index in [1.807, 2.05) is 13.8 Å². The maximum Gasteiger partial charge on any atom is 0.368 e. The molecule has 116 valence electrons. The van der Waals surface area contributed by atoms with E-state index >= 15 is 0 Å². The minimum atomic E-state index is -0.153. The smallest absolute Gasteiger partial charge is 0.368 e. The van der Waals surface area contributed by atoms with Crippen molar-refractivity contribution in [2.75, 3.05) is 0 Å². The molecule has 1 aliphatic carbocycles. The van der Waals surface area contributed by atoms with E-state index in [2.05, 4.69) is 38.2 Å². The summed E-state index contributed by atoms with van der Waals surface area (Å²) in [6.07, 6.45) is 8.29. The van der Waals surface area contributed by atoms with Gasteiger partial charge in [-0.15, -0.1) is 0 Å². The van der Waals surface area contributed by atoms with Crippen molar-refractivity contribution < 1.29 is 9.53 Å². The third-order valence-electron chi connectivity index (χ3n) is 3.03. The molecule has 0 heterocycles. The number of rotatable bonds is 3. The van der Waals surface area contributed by atoms with E-state index in [1.165, 1.54) is 11.8 Å². The third-order valence-corrected chi connectivity index (χ3v) is 3.79. The Morgan fingerprint density at radius 3 is 2.65 bits per heavy atom. The van der Waals surface area contributed by atoms with Crippen molar-refractivity contribution in [3.05, 3.63) is 12.2 Å². The normalized spacial score (nSPS) is 25.9. The summed E-state index contributed by atoms with van der Waals surface area (Å²) in [4.78, 5) is 11.7. The van der Waals surface area contributed by atoms with Crippen molar-refractivity contribution >= 4 is 17.1 Å². The summed E-state index contributed by atoms with van der Waals surface area (Å²) in [6, 6.07) is 0.521. The van der Waals surface area contributed by atoms with Crippen molar-refractivity contribution in [3.8, 4) is 0 Å². The second-order valence-electron chi connectivity index (χ2n) is 6.76. The number of carbonyl (C=O) groups is 1. The maximum absolute atomic E-state index is 11.7. The lowest BCUT2D eigenvalue weighted by atomic mass is 9.97. The number of thioether (sulfide) groups is 1. The van der Waals surface area contributed by atoms with Crippen molar-refractivity contribution in [1.29, 1.82) is 0 Å². The first-order chi connectivity index (χ1) is 9.26. The quantitative estimate of drug-likeness (QED) is 0.614. The van der Waals surface area contributed by atoms with Gasteiger partial charge in [-0.1, -0.05) is 19.9 Å². The molecule has 3 nitrogen and oxygen atoms in total. The molecule has 20 heavy (non-hydrogen) atoms. The highest BCUT2D eigenvalue weighted by Crippen LogP contribution is 2.20. The Labute approximate surface area is 127 Å². The predicted molar refractivity (Wildman–Crippen MR) is 87.3 cm³/mol. The van der Waals surface area contributed by atoms with Crippen LogP contribution in [-0.4, -0.2) is 28.2 Å². The predicted octanol–water partition coefficient (Wildman–Crippen LogP) is 4.52. The third kappa shape index (κ3) is 7.95. The molecule has 0 bridgehead atoms. The summed E-state index contributed by atoms with van der Waals surface area (Å²) < 4.78 is 5.49. The molecule has 0 fully saturated rings. The van der Waals surface area contributed by atoms with Gasteiger partial charge < -0.3 is 10.1 Å². The van der Waals surface area contributed by atoms with E-state index in [-0.39, 0.29) is 22.2 Å². The molecule has 0 saturated heterocycles. The molecule has 1 aliphatic rings. The Morgan fingerprint density at radius 1 is 1.35 bits per heavy atom. The second-order valence-corrected chi connectivity index (χ2v) is 8.27. The molecule has 4 heteroatoms. The van der Waals surface area contributed by atoms with Crippen LogP contribution in [0.25, 0.3) is 0 Å². The zero-order valence-electron chi connectivity index (χ0n) is 13.4. The molecule has 0 aliphatic heterocycles. The Balaban J connectivity index is 2.43. The minimum absolute atomic E-state index is 0.0515. The van der Waals surface area contributed by atoms with Crippen LogP contribution in [0.2, 0.25) is 0 Å². The number of ether oxygens (including phenoxy) is 1. The highest BCUT2D eigenvalue weighted by Gasteiger charge is 2.20. The molecule has 0 saturated carbocycles.